The lowest BCUT2D eigenvalue weighted by molar-refractivity contribution is 0.350. The Kier molecular flexibility index (Phi) is 4.91. The Morgan fingerprint density at radius 3 is 2.61 bits per heavy atom. The Morgan fingerprint density at radius 1 is 1.39 bits per heavy atom. The van der Waals surface area contributed by atoms with Crippen LogP contribution in [0.15, 0.2) is 23.1 Å². The second-order valence-electron chi connectivity index (χ2n) is 3.86. The maximum Gasteiger partial charge on any atom is 0.243 e. The minimum atomic E-state index is -3.46. The topological polar surface area (TPSA) is 57.6 Å². The highest BCUT2D eigenvalue weighted by Crippen LogP contribution is 2.20. The molecule has 0 fully saturated rings. The van der Waals surface area contributed by atoms with E-state index < -0.39 is 10.0 Å². The fourth-order valence-corrected chi connectivity index (χ4v) is 2.86. The van der Waals surface area contributed by atoms with Gasteiger partial charge in [-0.1, -0.05) is 24.8 Å². The molecule has 0 unspecified atom stereocenters. The zero-order valence-electron chi connectivity index (χ0n) is 10.8. The van der Waals surface area contributed by atoms with E-state index in [0.717, 1.165) is 0 Å². The van der Waals surface area contributed by atoms with Crippen molar-refractivity contribution in [3.05, 3.63) is 29.3 Å². The van der Waals surface area contributed by atoms with Gasteiger partial charge in [-0.15, -0.1) is 0 Å². The molecule has 0 saturated carbocycles. The zero-order valence-corrected chi connectivity index (χ0v) is 11.6. The zero-order chi connectivity index (χ0) is 13.8. The second-order valence-corrected chi connectivity index (χ2v) is 5.87. The lowest BCUT2D eigenvalue weighted by atomic mass is 10.1. The number of nitrogens with zero attached hydrogens (tertiary/aromatic N) is 1. The molecule has 0 aromatic heterocycles. The Hall–Kier alpha value is -1.35. The first-order valence-electron chi connectivity index (χ1n) is 5.60. The molecule has 0 aliphatic heterocycles. The molecular weight excluding hydrogens is 250 g/mol. The van der Waals surface area contributed by atoms with Crippen LogP contribution in [0.3, 0.4) is 0 Å². The quantitative estimate of drug-likeness (QED) is 0.831. The number of aliphatic hydroxyl groups excluding tert-OH is 1. The standard InChI is InChI=1S/C13H17NO3S/c1-4-14(3)18(16,17)13-10-12(6-5-9-15)8-7-11(13)2/h7-8,10,15H,4,9H2,1-3H3. The Bertz CT molecular complexity index is 582. The summed E-state index contributed by atoms with van der Waals surface area (Å²) in [5, 5.41) is 8.64. The molecule has 0 aliphatic rings. The molecule has 5 heteroatoms. The summed E-state index contributed by atoms with van der Waals surface area (Å²) in [5.74, 6) is 5.21. The van der Waals surface area contributed by atoms with Gasteiger partial charge >= 0.3 is 0 Å². The molecule has 1 aromatic rings. The predicted octanol–water partition coefficient (Wildman–Crippen LogP) is 0.979. The molecule has 0 saturated heterocycles. The molecule has 0 bridgehead atoms. The highest BCUT2D eigenvalue weighted by molar-refractivity contribution is 7.89. The third-order valence-electron chi connectivity index (χ3n) is 2.63. The van der Waals surface area contributed by atoms with E-state index >= 15 is 0 Å². The van der Waals surface area contributed by atoms with Crippen LogP contribution in [0.25, 0.3) is 0 Å². The maximum atomic E-state index is 12.2. The molecule has 1 rings (SSSR count). The average Bonchev–Trinajstić information content (AvgIpc) is 2.36. The van der Waals surface area contributed by atoms with E-state index in [4.69, 9.17) is 5.11 Å². The van der Waals surface area contributed by atoms with Crippen LogP contribution in [0.5, 0.6) is 0 Å². The number of aliphatic hydroxyl groups is 1. The molecule has 0 amide bonds. The molecule has 0 spiro atoms. The van der Waals surface area contributed by atoms with E-state index in [2.05, 4.69) is 11.8 Å². The first kappa shape index (κ1) is 14.7. The molecular formula is C13H17NO3S. The summed E-state index contributed by atoms with van der Waals surface area (Å²) in [4.78, 5) is 0.261. The van der Waals surface area contributed by atoms with Gasteiger partial charge in [0.15, 0.2) is 0 Å². The van der Waals surface area contributed by atoms with Crippen molar-refractivity contribution in [3.8, 4) is 11.8 Å². The minimum Gasteiger partial charge on any atom is -0.384 e. The minimum absolute atomic E-state index is 0.245. The highest BCUT2D eigenvalue weighted by Gasteiger charge is 2.21. The van der Waals surface area contributed by atoms with Crippen molar-refractivity contribution in [2.75, 3.05) is 20.2 Å². The van der Waals surface area contributed by atoms with Gasteiger partial charge in [0.25, 0.3) is 0 Å². The number of sulfonamides is 1. The van der Waals surface area contributed by atoms with Crippen LogP contribution < -0.4 is 0 Å². The average molecular weight is 267 g/mol. The summed E-state index contributed by atoms with van der Waals surface area (Å²) in [6, 6.07) is 5.00. The van der Waals surface area contributed by atoms with E-state index in [1.807, 2.05) is 0 Å². The van der Waals surface area contributed by atoms with Crippen molar-refractivity contribution in [2.24, 2.45) is 0 Å². The molecule has 1 N–H and O–H groups in total. The molecule has 0 heterocycles. The Labute approximate surface area is 108 Å². The third kappa shape index (κ3) is 3.10. The van der Waals surface area contributed by atoms with E-state index in [1.54, 1.807) is 39.1 Å². The SMILES string of the molecule is CCN(C)S(=O)(=O)c1cc(C#CCO)ccc1C. The van der Waals surface area contributed by atoms with Gasteiger partial charge in [0.2, 0.25) is 10.0 Å². The van der Waals surface area contributed by atoms with Crippen LogP contribution in [0.4, 0.5) is 0 Å². The summed E-state index contributed by atoms with van der Waals surface area (Å²) in [7, 11) is -1.92. The van der Waals surface area contributed by atoms with Gasteiger partial charge in [-0.3, -0.25) is 0 Å². The highest BCUT2D eigenvalue weighted by atomic mass is 32.2. The second kappa shape index (κ2) is 6.01. The first-order chi connectivity index (χ1) is 8.43. The van der Waals surface area contributed by atoms with Crippen LogP contribution in [-0.2, 0) is 10.0 Å². The van der Waals surface area contributed by atoms with E-state index in [9.17, 15) is 8.42 Å². The van der Waals surface area contributed by atoms with Gasteiger partial charge in [0, 0.05) is 19.2 Å². The number of aryl methyl sites for hydroxylation is 1. The van der Waals surface area contributed by atoms with Crippen molar-refractivity contribution >= 4 is 10.0 Å². The number of hydrogen-bond acceptors (Lipinski definition) is 3. The van der Waals surface area contributed by atoms with Gasteiger partial charge < -0.3 is 5.11 Å². The summed E-state index contributed by atoms with van der Waals surface area (Å²) in [5.41, 5.74) is 1.27. The molecule has 0 aliphatic carbocycles. The van der Waals surface area contributed by atoms with Crippen molar-refractivity contribution in [1.29, 1.82) is 0 Å². The fourth-order valence-electron chi connectivity index (χ4n) is 1.44. The Balaban J connectivity index is 3.32. The Morgan fingerprint density at radius 2 is 2.06 bits per heavy atom. The molecule has 4 nitrogen and oxygen atoms in total. The normalized spacial score (nSPS) is 11.2. The third-order valence-corrected chi connectivity index (χ3v) is 4.71. The maximum absolute atomic E-state index is 12.2. The number of hydrogen-bond donors (Lipinski definition) is 1. The summed E-state index contributed by atoms with van der Waals surface area (Å²) in [6.45, 7) is 3.70. The summed E-state index contributed by atoms with van der Waals surface area (Å²) < 4.78 is 25.8. The molecule has 18 heavy (non-hydrogen) atoms. The lowest BCUT2D eigenvalue weighted by Crippen LogP contribution is -2.27. The molecule has 98 valence electrons. The van der Waals surface area contributed by atoms with Crippen LogP contribution in [0, 0.1) is 18.8 Å². The first-order valence-corrected chi connectivity index (χ1v) is 7.04. The fraction of sp³-hybridized carbons (Fsp3) is 0.385. The summed E-state index contributed by atoms with van der Waals surface area (Å²) >= 11 is 0. The van der Waals surface area contributed by atoms with Crippen molar-refractivity contribution < 1.29 is 13.5 Å². The molecule has 0 atom stereocenters. The summed E-state index contributed by atoms with van der Waals surface area (Å²) in [6.07, 6.45) is 0. The van der Waals surface area contributed by atoms with Gasteiger partial charge in [-0.05, 0) is 24.6 Å². The van der Waals surface area contributed by atoms with Gasteiger partial charge in [0.1, 0.15) is 6.61 Å². The van der Waals surface area contributed by atoms with Gasteiger partial charge in [-0.2, -0.15) is 0 Å². The lowest BCUT2D eigenvalue weighted by Gasteiger charge is -2.16. The smallest absolute Gasteiger partial charge is 0.243 e. The van der Waals surface area contributed by atoms with E-state index in [1.165, 1.54) is 4.31 Å². The number of rotatable bonds is 3. The largest absolute Gasteiger partial charge is 0.384 e. The van der Waals surface area contributed by atoms with Gasteiger partial charge in [0.05, 0.1) is 4.90 Å². The number of benzene rings is 1. The molecule has 0 radical (unpaired) electrons. The van der Waals surface area contributed by atoms with Crippen molar-refractivity contribution in [1.82, 2.24) is 4.31 Å². The van der Waals surface area contributed by atoms with Crippen LogP contribution >= 0.6 is 0 Å². The van der Waals surface area contributed by atoms with Crippen molar-refractivity contribution in [3.63, 3.8) is 0 Å². The van der Waals surface area contributed by atoms with Crippen LogP contribution in [0.2, 0.25) is 0 Å². The predicted molar refractivity (Wildman–Crippen MR) is 70.6 cm³/mol. The van der Waals surface area contributed by atoms with Gasteiger partial charge in [-0.25, -0.2) is 12.7 Å². The van der Waals surface area contributed by atoms with Crippen LogP contribution in [-0.4, -0.2) is 38.0 Å². The van der Waals surface area contributed by atoms with E-state index in [0.29, 0.717) is 17.7 Å². The van der Waals surface area contributed by atoms with Crippen molar-refractivity contribution in [2.45, 2.75) is 18.7 Å². The van der Waals surface area contributed by atoms with Crippen LogP contribution in [0.1, 0.15) is 18.1 Å². The monoisotopic (exact) mass is 267 g/mol. The van der Waals surface area contributed by atoms with E-state index in [-0.39, 0.29) is 11.5 Å². The molecule has 1 aromatic carbocycles.